The molecule has 0 fully saturated rings. The molecule has 0 aliphatic heterocycles. The van der Waals surface area contributed by atoms with Gasteiger partial charge in [-0.3, -0.25) is 4.79 Å². The summed E-state index contributed by atoms with van der Waals surface area (Å²) in [5, 5.41) is 0. The van der Waals surface area contributed by atoms with Crippen LogP contribution in [0.4, 0.5) is 0 Å². The van der Waals surface area contributed by atoms with Crippen LogP contribution in [0.15, 0.2) is 76.2 Å². The van der Waals surface area contributed by atoms with Crippen LogP contribution in [0.3, 0.4) is 0 Å². The van der Waals surface area contributed by atoms with Gasteiger partial charge in [0.05, 0.1) is 0 Å². The highest BCUT2D eigenvalue weighted by atomic mass is 16.3. The second-order valence-corrected chi connectivity index (χ2v) is 6.69. The number of rotatable bonds is 3. The fraction of sp³-hybridized carbons (Fsp3) is 0.174. The number of allylic oxidation sites excluding steroid dienone is 2. The van der Waals surface area contributed by atoms with E-state index in [2.05, 4.69) is 13.8 Å². The summed E-state index contributed by atoms with van der Waals surface area (Å²) in [6, 6.07) is 19.4. The van der Waals surface area contributed by atoms with Crippen molar-refractivity contribution in [3.63, 3.8) is 0 Å². The maximum absolute atomic E-state index is 13.0. The first kappa shape index (κ1) is 15.6. The number of furan rings is 1. The van der Waals surface area contributed by atoms with E-state index in [1.807, 2.05) is 60.7 Å². The van der Waals surface area contributed by atoms with Crippen molar-refractivity contribution in [2.45, 2.75) is 26.7 Å². The van der Waals surface area contributed by atoms with Crippen molar-refractivity contribution < 1.29 is 9.21 Å². The van der Waals surface area contributed by atoms with Crippen LogP contribution >= 0.6 is 0 Å². The molecule has 0 saturated carbocycles. The zero-order valence-corrected chi connectivity index (χ0v) is 14.5. The predicted octanol–water partition coefficient (Wildman–Crippen LogP) is 5.61. The molecule has 3 aromatic rings. The van der Waals surface area contributed by atoms with E-state index in [-0.39, 0.29) is 5.78 Å². The molecule has 1 aliphatic rings. The van der Waals surface area contributed by atoms with Crippen LogP contribution in [-0.2, 0) is 12.8 Å². The molecule has 2 nitrogen and oxygen atoms in total. The second kappa shape index (κ2) is 6.21. The molecule has 0 bridgehead atoms. The lowest BCUT2D eigenvalue weighted by molar-refractivity contribution is 0.101. The molecule has 0 saturated heterocycles. The Morgan fingerprint density at radius 3 is 2.00 bits per heavy atom. The number of hydrogen-bond acceptors (Lipinski definition) is 2. The van der Waals surface area contributed by atoms with E-state index in [9.17, 15) is 4.79 Å². The summed E-state index contributed by atoms with van der Waals surface area (Å²) in [4.78, 5) is 13.0. The Hall–Kier alpha value is -2.87. The third-order valence-electron chi connectivity index (χ3n) is 5.01. The van der Waals surface area contributed by atoms with Crippen molar-refractivity contribution in [2.24, 2.45) is 0 Å². The fourth-order valence-electron chi connectivity index (χ4n) is 3.43. The first-order chi connectivity index (χ1) is 12.1. The maximum Gasteiger partial charge on any atom is 0.228 e. The zero-order chi connectivity index (χ0) is 17.4. The van der Waals surface area contributed by atoms with E-state index in [4.69, 9.17) is 4.42 Å². The largest absolute Gasteiger partial charge is 0.452 e. The van der Waals surface area contributed by atoms with Gasteiger partial charge in [0.25, 0.3) is 0 Å². The molecule has 0 spiro atoms. The first-order valence-corrected chi connectivity index (χ1v) is 8.60. The van der Waals surface area contributed by atoms with Crippen molar-refractivity contribution in [3.05, 3.63) is 94.3 Å². The molecule has 0 radical (unpaired) electrons. The number of benzene rings is 2. The minimum atomic E-state index is -0.0358. The number of carbonyl (C=O) groups excluding carboxylic acids is 1. The van der Waals surface area contributed by atoms with Gasteiger partial charge in [-0.05, 0) is 26.7 Å². The highest BCUT2D eigenvalue weighted by molar-refractivity contribution is 6.08. The Balaban J connectivity index is 1.88. The molecule has 0 amide bonds. The Morgan fingerprint density at radius 1 is 0.800 bits per heavy atom. The third kappa shape index (κ3) is 2.74. The molecule has 0 unspecified atom stereocenters. The maximum atomic E-state index is 13.0. The van der Waals surface area contributed by atoms with Crippen LogP contribution in [0.1, 0.15) is 41.1 Å². The summed E-state index contributed by atoms with van der Waals surface area (Å²) in [5.74, 6) is 1.29. The molecular formula is C23H20O2. The normalized spacial score (nSPS) is 13.7. The predicted molar refractivity (Wildman–Crippen MR) is 99.8 cm³/mol. The van der Waals surface area contributed by atoms with Crippen molar-refractivity contribution in [1.82, 2.24) is 0 Å². The number of hydrogen-bond donors (Lipinski definition) is 0. The topological polar surface area (TPSA) is 30.2 Å². The number of fused-ring (bicyclic) bond motifs is 1. The van der Waals surface area contributed by atoms with Gasteiger partial charge in [-0.2, -0.15) is 0 Å². The summed E-state index contributed by atoms with van der Waals surface area (Å²) in [5.41, 5.74) is 6.60. The van der Waals surface area contributed by atoms with Gasteiger partial charge in [-0.15, -0.1) is 0 Å². The van der Waals surface area contributed by atoms with Crippen LogP contribution in [-0.4, -0.2) is 5.78 Å². The van der Waals surface area contributed by atoms with Crippen LogP contribution in [0.5, 0.6) is 0 Å². The van der Waals surface area contributed by atoms with Crippen molar-refractivity contribution >= 4 is 5.78 Å². The first-order valence-electron chi connectivity index (χ1n) is 8.60. The molecule has 1 aromatic heterocycles. The minimum Gasteiger partial charge on any atom is -0.452 e. The Morgan fingerprint density at radius 2 is 1.36 bits per heavy atom. The van der Waals surface area contributed by atoms with Crippen LogP contribution in [0, 0.1) is 0 Å². The van der Waals surface area contributed by atoms with E-state index in [0.29, 0.717) is 11.3 Å². The number of ketones is 1. The minimum absolute atomic E-state index is 0.0358. The summed E-state index contributed by atoms with van der Waals surface area (Å²) in [6.45, 7) is 4.31. The smallest absolute Gasteiger partial charge is 0.228 e. The standard InChI is InChI=1S/C23H20O2/c1-15-13-19-20(14-16(15)2)23(21(24)17-9-5-3-6-10-17)25-22(19)18-11-7-4-8-12-18/h3-12H,13-14H2,1-2H3. The summed E-state index contributed by atoms with van der Waals surface area (Å²) < 4.78 is 6.19. The summed E-state index contributed by atoms with van der Waals surface area (Å²) in [7, 11) is 0. The van der Waals surface area contributed by atoms with E-state index in [1.54, 1.807) is 0 Å². The zero-order valence-electron chi connectivity index (χ0n) is 14.5. The van der Waals surface area contributed by atoms with Crippen LogP contribution in [0.25, 0.3) is 11.3 Å². The van der Waals surface area contributed by atoms with Gasteiger partial charge >= 0.3 is 0 Å². The van der Waals surface area contributed by atoms with E-state index < -0.39 is 0 Å². The third-order valence-corrected chi connectivity index (χ3v) is 5.01. The Bertz CT molecular complexity index is 960. The average molecular weight is 328 g/mol. The summed E-state index contributed by atoms with van der Waals surface area (Å²) >= 11 is 0. The quantitative estimate of drug-likeness (QED) is 0.462. The second-order valence-electron chi connectivity index (χ2n) is 6.69. The van der Waals surface area contributed by atoms with Crippen LogP contribution < -0.4 is 0 Å². The lowest BCUT2D eigenvalue weighted by Crippen LogP contribution is -2.09. The molecule has 124 valence electrons. The lowest BCUT2D eigenvalue weighted by atomic mass is 9.85. The lowest BCUT2D eigenvalue weighted by Gasteiger charge is -2.16. The Kier molecular flexibility index (Phi) is 3.89. The van der Waals surface area contributed by atoms with E-state index >= 15 is 0 Å². The highest BCUT2D eigenvalue weighted by Gasteiger charge is 2.29. The van der Waals surface area contributed by atoms with Gasteiger partial charge in [-0.1, -0.05) is 71.8 Å². The van der Waals surface area contributed by atoms with Crippen molar-refractivity contribution in [1.29, 1.82) is 0 Å². The van der Waals surface area contributed by atoms with Gasteiger partial charge in [0.2, 0.25) is 5.78 Å². The molecular weight excluding hydrogens is 308 g/mol. The fourth-order valence-corrected chi connectivity index (χ4v) is 3.43. The van der Waals surface area contributed by atoms with Crippen molar-refractivity contribution in [3.8, 4) is 11.3 Å². The van der Waals surface area contributed by atoms with Gasteiger partial charge < -0.3 is 4.42 Å². The molecule has 4 rings (SSSR count). The Labute approximate surface area is 147 Å². The van der Waals surface area contributed by atoms with Crippen LogP contribution in [0.2, 0.25) is 0 Å². The molecule has 1 aliphatic carbocycles. The van der Waals surface area contributed by atoms with Gasteiger partial charge in [0, 0.05) is 22.3 Å². The number of carbonyl (C=O) groups is 1. The SMILES string of the molecule is CC1=C(C)Cc2c(-c3ccccc3)oc(C(=O)c3ccccc3)c2C1. The van der Waals surface area contributed by atoms with Gasteiger partial charge in [-0.25, -0.2) is 0 Å². The average Bonchev–Trinajstić information content (AvgIpc) is 3.01. The molecule has 2 heteroatoms. The van der Waals surface area contributed by atoms with Crippen molar-refractivity contribution in [2.75, 3.05) is 0 Å². The van der Waals surface area contributed by atoms with E-state index in [0.717, 1.165) is 35.3 Å². The molecule has 1 heterocycles. The van der Waals surface area contributed by atoms with Gasteiger partial charge in [0.1, 0.15) is 5.76 Å². The summed E-state index contributed by atoms with van der Waals surface area (Å²) in [6.07, 6.45) is 1.63. The van der Waals surface area contributed by atoms with E-state index in [1.165, 1.54) is 11.1 Å². The molecule has 25 heavy (non-hydrogen) atoms. The molecule has 0 N–H and O–H groups in total. The highest BCUT2D eigenvalue weighted by Crippen LogP contribution is 2.38. The molecule has 2 aromatic carbocycles. The molecule has 0 atom stereocenters. The monoisotopic (exact) mass is 328 g/mol. The van der Waals surface area contributed by atoms with Gasteiger partial charge in [0.15, 0.2) is 5.76 Å².